The van der Waals surface area contributed by atoms with Crippen LogP contribution < -0.4 is 5.32 Å². The molecule has 0 amide bonds. The van der Waals surface area contributed by atoms with Crippen molar-refractivity contribution in [3.05, 3.63) is 0 Å². The molecule has 0 spiro atoms. The Hall–Kier alpha value is -1.43. The minimum Gasteiger partial charge on any atom is -0.481 e. The molecule has 0 bridgehead atoms. The lowest BCUT2D eigenvalue weighted by atomic mass is 9.96. The Balaban J connectivity index is 2.71. The van der Waals surface area contributed by atoms with Gasteiger partial charge >= 0.3 is 11.9 Å². The largest absolute Gasteiger partial charge is 0.481 e. The van der Waals surface area contributed by atoms with E-state index in [0.717, 1.165) is 0 Å². The van der Waals surface area contributed by atoms with Crippen LogP contribution in [0.25, 0.3) is 0 Å². The van der Waals surface area contributed by atoms with Crippen LogP contribution in [-0.2, 0) is 14.4 Å². The molecule has 72 valence electrons. The van der Waals surface area contributed by atoms with E-state index in [1.165, 1.54) is 0 Å². The number of ketones is 1. The molecule has 6 nitrogen and oxygen atoms in total. The molecule has 0 aromatic rings. The van der Waals surface area contributed by atoms with Gasteiger partial charge in [-0.2, -0.15) is 0 Å². The number of carbonyl (C=O) groups is 3. The lowest BCUT2D eigenvalue weighted by molar-refractivity contribution is -0.144. The van der Waals surface area contributed by atoms with Crippen molar-refractivity contribution >= 4 is 17.7 Å². The number of hydrogen-bond acceptors (Lipinski definition) is 4. The van der Waals surface area contributed by atoms with Gasteiger partial charge in [-0.15, -0.1) is 0 Å². The number of carboxylic acid groups (broad SMARTS) is 2. The molecular formula is C7H9NO5. The average molecular weight is 187 g/mol. The highest BCUT2D eigenvalue weighted by Gasteiger charge is 2.40. The van der Waals surface area contributed by atoms with E-state index in [9.17, 15) is 14.4 Å². The first-order valence-corrected chi connectivity index (χ1v) is 3.73. The average Bonchev–Trinajstić information content (AvgIpc) is 2.32. The van der Waals surface area contributed by atoms with Crippen molar-refractivity contribution < 1.29 is 24.6 Å². The molecule has 1 fully saturated rings. The Morgan fingerprint density at radius 2 is 2.08 bits per heavy atom. The summed E-state index contributed by atoms with van der Waals surface area (Å²) >= 11 is 0. The van der Waals surface area contributed by atoms with Gasteiger partial charge in [0.25, 0.3) is 0 Å². The van der Waals surface area contributed by atoms with Crippen LogP contribution in [0.4, 0.5) is 0 Å². The number of hydrogen-bond donors (Lipinski definition) is 3. The molecule has 0 radical (unpaired) electrons. The van der Waals surface area contributed by atoms with Crippen LogP contribution in [0.15, 0.2) is 0 Å². The minimum absolute atomic E-state index is 0.0606. The lowest BCUT2D eigenvalue weighted by Gasteiger charge is -2.10. The molecule has 6 heteroatoms. The third-order valence-electron chi connectivity index (χ3n) is 1.97. The Labute approximate surface area is 73.5 Å². The number of aliphatic carboxylic acids is 2. The molecular weight excluding hydrogens is 178 g/mol. The van der Waals surface area contributed by atoms with Gasteiger partial charge in [0.2, 0.25) is 0 Å². The van der Waals surface area contributed by atoms with Crippen LogP contribution in [0.5, 0.6) is 0 Å². The standard InChI is InChI=1S/C7H9NO5/c9-4-2-8-6(7(12)13)3(4)1-5(10)11/h3,6,8H,1-2H2,(H,10,11)(H,12,13). The van der Waals surface area contributed by atoms with Crippen LogP contribution >= 0.6 is 0 Å². The van der Waals surface area contributed by atoms with E-state index in [-0.39, 0.29) is 12.3 Å². The van der Waals surface area contributed by atoms with E-state index in [2.05, 4.69) is 5.32 Å². The number of nitrogens with one attached hydrogen (secondary N) is 1. The summed E-state index contributed by atoms with van der Waals surface area (Å²) in [6.45, 7) is -0.0606. The quantitative estimate of drug-likeness (QED) is 0.507. The summed E-state index contributed by atoms with van der Waals surface area (Å²) in [5, 5.41) is 19.5. The van der Waals surface area contributed by atoms with Crippen LogP contribution in [0.2, 0.25) is 0 Å². The first-order valence-electron chi connectivity index (χ1n) is 3.73. The maximum atomic E-state index is 11.0. The summed E-state index contributed by atoms with van der Waals surface area (Å²) in [4.78, 5) is 31.9. The normalized spacial score (nSPS) is 27.5. The van der Waals surface area contributed by atoms with Crippen LogP contribution in [0.3, 0.4) is 0 Å². The number of Topliss-reactive ketones (excluding diaryl/α,β-unsaturated/α-hetero) is 1. The minimum atomic E-state index is -1.18. The van der Waals surface area contributed by atoms with Crippen LogP contribution in [0, 0.1) is 5.92 Å². The van der Waals surface area contributed by atoms with Gasteiger partial charge in [0.1, 0.15) is 6.04 Å². The summed E-state index contributed by atoms with van der Waals surface area (Å²) in [5.41, 5.74) is 0. The van der Waals surface area contributed by atoms with Gasteiger partial charge in [-0.1, -0.05) is 0 Å². The summed E-state index contributed by atoms with van der Waals surface area (Å²) in [6.07, 6.45) is -0.428. The molecule has 0 aliphatic carbocycles. The van der Waals surface area contributed by atoms with Crippen LogP contribution in [-0.4, -0.2) is 40.5 Å². The van der Waals surface area contributed by atoms with Crippen molar-refractivity contribution in [1.29, 1.82) is 0 Å². The lowest BCUT2D eigenvalue weighted by Crippen LogP contribution is -2.36. The fraction of sp³-hybridized carbons (Fsp3) is 0.571. The van der Waals surface area contributed by atoms with Crippen LogP contribution in [0.1, 0.15) is 6.42 Å². The van der Waals surface area contributed by atoms with Crippen molar-refractivity contribution in [2.45, 2.75) is 12.5 Å². The summed E-state index contributed by atoms with van der Waals surface area (Å²) in [5.74, 6) is -3.63. The Kier molecular flexibility index (Phi) is 2.62. The third kappa shape index (κ3) is 2.03. The van der Waals surface area contributed by atoms with Crippen molar-refractivity contribution in [2.24, 2.45) is 5.92 Å². The van der Waals surface area contributed by atoms with Crippen molar-refractivity contribution in [1.82, 2.24) is 5.32 Å². The molecule has 0 aromatic heterocycles. The predicted octanol–water partition coefficient (Wildman–Crippen LogP) is -1.30. The third-order valence-corrected chi connectivity index (χ3v) is 1.97. The first kappa shape index (κ1) is 9.66. The smallest absolute Gasteiger partial charge is 0.321 e. The molecule has 0 aromatic carbocycles. The van der Waals surface area contributed by atoms with Gasteiger partial charge in [-0.05, 0) is 0 Å². The molecule has 1 aliphatic heterocycles. The van der Waals surface area contributed by atoms with Gasteiger partial charge in [0, 0.05) is 0 Å². The molecule has 0 saturated carbocycles. The second-order valence-corrected chi connectivity index (χ2v) is 2.87. The zero-order chi connectivity index (χ0) is 10.0. The van der Waals surface area contributed by atoms with Crippen molar-refractivity contribution in [3.63, 3.8) is 0 Å². The highest BCUT2D eigenvalue weighted by atomic mass is 16.4. The predicted molar refractivity (Wildman–Crippen MR) is 40.2 cm³/mol. The zero-order valence-electron chi connectivity index (χ0n) is 6.69. The van der Waals surface area contributed by atoms with E-state index in [0.29, 0.717) is 0 Å². The van der Waals surface area contributed by atoms with Gasteiger partial charge in [-0.25, -0.2) is 0 Å². The van der Waals surface area contributed by atoms with E-state index in [4.69, 9.17) is 10.2 Å². The van der Waals surface area contributed by atoms with Gasteiger partial charge < -0.3 is 10.2 Å². The topological polar surface area (TPSA) is 104 Å². The molecule has 13 heavy (non-hydrogen) atoms. The number of carbonyl (C=O) groups excluding carboxylic acids is 1. The first-order chi connectivity index (χ1) is 6.02. The molecule has 3 N–H and O–H groups in total. The summed E-state index contributed by atoms with van der Waals surface area (Å²) in [7, 11) is 0. The molecule has 1 saturated heterocycles. The second-order valence-electron chi connectivity index (χ2n) is 2.87. The van der Waals surface area contributed by atoms with E-state index >= 15 is 0 Å². The van der Waals surface area contributed by atoms with Crippen molar-refractivity contribution in [3.8, 4) is 0 Å². The summed E-state index contributed by atoms with van der Waals surface area (Å²) < 4.78 is 0. The molecule has 2 atom stereocenters. The van der Waals surface area contributed by atoms with Gasteiger partial charge in [-0.3, -0.25) is 19.7 Å². The highest BCUT2D eigenvalue weighted by molar-refractivity contribution is 5.95. The van der Waals surface area contributed by atoms with E-state index < -0.39 is 30.3 Å². The summed E-state index contributed by atoms with van der Waals surface area (Å²) in [6, 6.07) is -1.05. The fourth-order valence-corrected chi connectivity index (χ4v) is 1.35. The van der Waals surface area contributed by atoms with Crippen molar-refractivity contribution in [2.75, 3.05) is 6.54 Å². The van der Waals surface area contributed by atoms with Gasteiger partial charge in [0.05, 0.1) is 18.9 Å². The van der Waals surface area contributed by atoms with Gasteiger partial charge in [0.15, 0.2) is 5.78 Å². The maximum absolute atomic E-state index is 11.0. The fourth-order valence-electron chi connectivity index (χ4n) is 1.35. The number of rotatable bonds is 3. The molecule has 1 aliphatic rings. The van der Waals surface area contributed by atoms with E-state index in [1.54, 1.807) is 0 Å². The Morgan fingerprint density at radius 1 is 1.46 bits per heavy atom. The molecule has 1 heterocycles. The number of carboxylic acids is 2. The Morgan fingerprint density at radius 3 is 2.54 bits per heavy atom. The SMILES string of the molecule is O=C(O)CC1C(=O)CNC1C(=O)O. The highest BCUT2D eigenvalue weighted by Crippen LogP contribution is 2.16. The maximum Gasteiger partial charge on any atom is 0.321 e. The van der Waals surface area contributed by atoms with E-state index in [1.807, 2.05) is 0 Å². The zero-order valence-corrected chi connectivity index (χ0v) is 6.69. The Bertz CT molecular complexity index is 262. The molecule has 2 unspecified atom stereocenters. The second kappa shape index (κ2) is 3.53. The molecule has 1 rings (SSSR count). The monoisotopic (exact) mass is 187 g/mol.